The van der Waals surface area contributed by atoms with Crippen LogP contribution in [0.25, 0.3) is 22.2 Å². The molecule has 2 aromatic heterocycles. The van der Waals surface area contributed by atoms with Gasteiger partial charge in [-0.1, -0.05) is 12.1 Å². The summed E-state index contributed by atoms with van der Waals surface area (Å²) in [6.07, 6.45) is 13.3. The molecule has 7 heteroatoms. The van der Waals surface area contributed by atoms with E-state index in [4.69, 9.17) is 20.9 Å². The molecule has 4 N–H and O–H groups in total. The molecule has 0 spiro atoms. The Hall–Kier alpha value is -2.64. The number of ether oxygens (including phenoxy) is 2. The van der Waals surface area contributed by atoms with Crippen molar-refractivity contribution in [3.63, 3.8) is 0 Å². The molecular weight excluding hydrogens is 414 g/mol. The summed E-state index contributed by atoms with van der Waals surface area (Å²) in [5.41, 5.74) is 15.2. The summed E-state index contributed by atoms with van der Waals surface area (Å²) in [6.45, 7) is 1.39. The quantitative estimate of drug-likeness (QED) is 0.578. The van der Waals surface area contributed by atoms with E-state index in [1.165, 1.54) is 0 Å². The van der Waals surface area contributed by atoms with E-state index >= 15 is 0 Å². The van der Waals surface area contributed by atoms with Crippen molar-refractivity contribution in [1.82, 2.24) is 14.5 Å². The molecule has 2 aliphatic heterocycles. The fraction of sp³-hybridized carbons (Fsp3) is 0.538. The SMILES string of the molecule is NC[C@H]1CC[C@H](n2cc(-c3cccc(OCC45CCC(CC4)O5)c3)c3c(N)ncnc32)CC1. The lowest BCUT2D eigenvalue weighted by Crippen LogP contribution is -2.32. The van der Waals surface area contributed by atoms with E-state index < -0.39 is 0 Å². The molecule has 0 amide bonds. The standard InChI is InChI=1S/C26H33N5O2/c27-13-17-4-6-19(7-5-17)31-14-22(23-24(28)29-16-30-25(23)31)18-2-1-3-21(12-18)32-15-26-10-8-20(33-26)9-11-26/h1-3,12,14,16-17,19-20H,4-11,13,15,27H2,(H2,28,29,30)/t17-,19-,20?,26?. The third-order valence-corrected chi connectivity index (χ3v) is 8.09. The average molecular weight is 448 g/mol. The molecule has 6 rings (SSSR count). The predicted molar refractivity (Wildman–Crippen MR) is 129 cm³/mol. The number of fused-ring (bicyclic) bond motifs is 3. The van der Waals surface area contributed by atoms with Crippen molar-refractivity contribution in [3.8, 4) is 16.9 Å². The summed E-state index contributed by atoms with van der Waals surface area (Å²) in [4.78, 5) is 8.94. The van der Waals surface area contributed by atoms with E-state index in [0.29, 0.717) is 30.5 Å². The van der Waals surface area contributed by atoms with E-state index in [-0.39, 0.29) is 5.60 Å². The van der Waals surface area contributed by atoms with E-state index in [2.05, 4.69) is 32.9 Å². The third kappa shape index (κ3) is 3.77. The molecule has 0 unspecified atom stereocenters. The number of nitrogen functional groups attached to an aromatic ring is 1. The zero-order valence-corrected chi connectivity index (χ0v) is 19.1. The van der Waals surface area contributed by atoms with Gasteiger partial charge in [-0.3, -0.25) is 0 Å². The van der Waals surface area contributed by atoms with Crippen molar-refractivity contribution in [3.05, 3.63) is 36.8 Å². The number of benzene rings is 1. The van der Waals surface area contributed by atoms with Crippen LogP contribution in [0.1, 0.15) is 57.4 Å². The Kier molecular flexibility index (Phi) is 5.26. The van der Waals surface area contributed by atoms with E-state index in [9.17, 15) is 0 Å². The second-order valence-electron chi connectivity index (χ2n) is 10.1. The number of nitrogens with zero attached hydrogens (tertiary/aromatic N) is 3. The lowest BCUT2D eigenvalue weighted by Gasteiger charge is -2.29. The maximum atomic E-state index is 6.37. The molecule has 7 nitrogen and oxygen atoms in total. The van der Waals surface area contributed by atoms with Crippen molar-refractivity contribution in [2.45, 2.75) is 69.1 Å². The minimum Gasteiger partial charge on any atom is -0.491 e. The summed E-state index contributed by atoms with van der Waals surface area (Å²) >= 11 is 0. The highest BCUT2D eigenvalue weighted by Gasteiger charge is 2.46. The molecule has 3 aliphatic rings. The largest absolute Gasteiger partial charge is 0.491 e. The van der Waals surface area contributed by atoms with Gasteiger partial charge < -0.3 is 25.5 Å². The number of rotatable bonds is 6. The number of hydrogen-bond donors (Lipinski definition) is 2. The first-order valence-corrected chi connectivity index (χ1v) is 12.4. The van der Waals surface area contributed by atoms with Crippen LogP contribution in [0, 0.1) is 5.92 Å². The van der Waals surface area contributed by atoms with Crippen LogP contribution in [0.5, 0.6) is 5.75 Å². The lowest BCUT2D eigenvalue weighted by molar-refractivity contribution is -0.0198. The Morgan fingerprint density at radius 1 is 1.09 bits per heavy atom. The van der Waals surface area contributed by atoms with Crippen LogP contribution in [-0.4, -0.2) is 39.4 Å². The van der Waals surface area contributed by atoms with Gasteiger partial charge in [-0.15, -0.1) is 0 Å². The molecular formula is C26H33N5O2. The van der Waals surface area contributed by atoms with Gasteiger partial charge in [0.05, 0.1) is 11.5 Å². The highest BCUT2D eigenvalue weighted by molar-refractivity contribution is 6.00. The number of nitrogens with two attached hydrogens (primary N) is 2. The molecule has 2 saturated heterocycles. The first kappa shape index (κ1) is 20.9. The minimum atomic E-state index is -0.0860. The molecule has 0 atom stereocenters. The second kappa shape index (κ2) is 8.29. The fourth-order valence-electron chi connectivity index (χ4n) is 6.12. The van der Waals surface area contributed by atoms with Crippen LogP contribution >= 0.6 is 0 Å². The summed E-state index contributed by atoms with van der Waals surface area (Å²) < 4.78 is 14.8. The summed E-state index contributed by atoms with van der Waals surface area (Å²) in [5, 5.41) is 0.923. The summed E-state index contributed by atoms with van der Waals surface area (Å²) in [7, 11) is 0. The van der Waals surface area contributed by atoms with Crippen molar-refractivity contribution in [2.24, 2.45) is 11.7 Å². The first-order valence-electron chi connectivity index (χ1n) is 12.4. The molecule has 1 aliphatic carbocycles. The third-order valence-electron chi connectivity index (χ3n) is 8.09. The molecule has 33 heavy (non-hydrogen) atoms. The van der Waals surface area contributed by atoms with Gasteiger partial charge >= 0.3 is 0 Å². The Labute approximate surface area is 194 Å². The monoisotopic (exact) mass is 447 g/mol. The summed E-state index contributed by atoms with van der Waals surface area (Å²) in [6, 6.07) is 8.69. The Bertz CT molecular complexity index is 1140. The Balaban J connectivity index is 1.31. The molecule has 3 fully saturated rings. The molecule has 2 bridgehead atoms. The first-order chi connectivity index (χ1) is 16.1. The molecule has 174 valence electrons. The molecule has 3 aromatic rings. The highest BCUT2D eigenvalue weighted by atomic mass is 16.6. The number of hydrogen-bond acceptors (Lipinski definition) is 6. The number of aromatic nitrogens is 3. The van der Waals surface area contributed by atoms with Gasteiger partial charge in [0.15, 0.2) is 0 Å². The van der Waals surface area contributed by atoms with Crippen LogP contribution in [0.15, 0.2) is 36.8 Å². The van der Waals surface area contributed by atoms with Crippen molar-refractivity contribution in [1.29, 1.82) is 0 Å². The van der Waals surface area contributed by atoms with Gasteiger partial charge in [-0.25, -0.2) is 9.97 Å². The Morgan fingerprint density at radius 3 is 2.64 bits per heavy atom. The van der Waals surface area contributed by atoms with Gasteiger partial charge in [0.1, 0.15) is 35.7 Å². The van der Waals surface area contributed by atoms with Gasteiger partial charge in [0.25, 0.3) is 0 Å². The van der Waals surface area contributed by atoms with E-state index in [1.54, 1.807) is 6.33 Å². The molecule has 1 saturated carbocycles. The van der Waals surface area contributed by atoms with E-state index in [0.717, 1.165) is 85.8 Å². The van der Waals surface area contributed by atoms with Crippen LogP contribution in [0.3, 0.4) is 0 Å². The topological polar surface area (TPSA) is 101 Å². The smallest absolute Gasteiger partial charge is 0.146 e. The number of anilines is 1. The van der Waals surface area contributed by atoms with Crippen LogP contribution in [-0.2, 0) is 4.74 Å². The predicted octanol–water partition coefficient (Wildman–Crippen LogP) is 4.46. The maximum absolute atomic E-state index is 6.37. The van der Waals surface area contributed by atoms with E-state index in [1.807, 2.05) is 12.1 Å². The van der Waals surface area contributed by atoms with Crippen molar-refractivity contribution >= 4 is 16.9 Å². The zero-order valence-electron chi connectivity index (χ0n) is 19.1. The molecule has 0 radical (unpaired) electrons. The van der Waals surface area contributed by atoms with Gasteiger partial charge in [-0.05, 0) is 81.5 Å². The minimum absolute atomic E-state index is 0.0860. The van der Waals surface area contributed by atoms with Crippen LogP contribution < -0.4 is 16.2 Å². The van der Waals surface area contributed by atoms with Gasteiger partial charge in [0, 0.05) is 17.8 Å². The summed E-state index contributed by atoms with van der Waals surface area (Å²) in [5.74, 6) is 2.01. The zero-order chi connectivity index (χ0) is 22.4. The van der Waals surface area contributed by atoms with Crippen LogP contribution in [0.2, 0.25) is 0 Å². The maximum Gasteiger partial charge on any atom is 0.146 e. The van der Waals surface area contributed by atoms with Crippen molar-refractivity contribution in [2.75, 3.05) is 18.9 Å². The lowest BCUT2D eigenvalue weighted by atomic mass is 9.86. The normalized spacial score (nSPS) is 29.1. The molecule has 4 heterocycles. The fourth-order valence-corrected chi connectivity index (χ4v) is 6.12. The second-order valence-corrected chi connectivity index (χ2v) is 10.1. The molecule has 1 aromatic carbocycles. The highest BCUT2D eigenvalue weighted by Crippen LogP contribution is 2.44. The van der Waals surface area contributed by atoms with Gasteiger partial charge in [-0.2, -0.15) is 0 Å². The average Bonchev–Trinajstić information content (AvgIpc) is 3.57. The Morgan fingerprint density at radius 2 is 1.91 bits per heavy atom. The van der Waals surface area contributed by atoms with Crippen molar-refractivity contribution < 1.29 is 9.47 Å². The van der Waals surface area contributed by atoms with Gasteiger partial charge in [0.2, 0.25) is 0 Å². The van der Waals surface area contributed by atoms with Crippen LogP contribution in [0.4, 0.5) is 5.82 Å².